The van der Waals surface area contributed by atoms with Crippen LogP contribution in [-0.4, -0.2) is 57.0 Å². The van der Waals surface area contributed by atoms with Gasteiger partial charge in [0.25, 0.3) is 0 Å². The standard InChI is InChI=1S/C17H31FN6O2/c1-4-17(2,3)23(13-15(19)25)11-14-12-24(22-21-14)10-6-9-20-16(26)7-5-8-18/h12H,4-11,13H2,1-3H3,(H2,19,25)(H,20,26). The van der Waals surface area contributed by atoms with Crippen molar-refractivity contribution < 1.29 is 14.0 Å². The van der Waals surface area contributed by atoms with Crippen LogP contribution in [0.25, 0.3) is 0 Å². The highest BCUT2D eigenvalue weighted by Crippen LogP contribution is 2.20. The van der Waals surface area contributed by atoms with Crippen molar-refractivity contribution in [1.82, 2.24) is 25.2 Å². The number of nitrogens with two attached hydrogens (primary N) is 1. The van der Waals surface area contributed by atoms with Crippen LogP contribution in [0.1, 0.15) is 52.1 Å². The van der Waals surface area contributed by atoms with E-state index in [-0.39, 0.29) is 36.7 Å². The Morgan fingerprint density at radius 2 is 2.12 bits per heavy atom. The lowest BCUT2D eigenvalue weighted by molar-refractivity contribution is -0.121. The van der Waals surface area contributed by atoms with Crippen molar-refractivity contribution in [2.45, 2.75) is 65.1 Å². The molecule has 0 spiro atoms. The fourth-order valence-electron chi connectivity index (χ4n) is 2.40. The van der Waals surface area contributed by atoms with Gasteiger partial charge in [0.05, 0.1) is 18.9 Å². The quantitative estimate of drug-likeness (QED) is 0.504. The number of hydrogen-bond acceptors (Lipinski definition) is 5. The van der Waals surface area contributed by atoms with Gasteiger partial charge >= 0.3 is 0 Å². The Hall–Kier alpha value is -2.03. The Bertz CT molecular complexity index is 575. The van der Waals surface area contributed by atoms with Crippen molar-refractivity contribution in [1.29, 1.82) is 0 Å². The van der Waals surface area contributed by atoms with E-state index in [0.717, 1.165) is 12.1 Å². The van der Waals surface area contributed by atoms with Crippen molar-refractivity contribution in [2.75, 3.05) is 19.8 Å². The Labute approximate surface area is 154 Å². The smallest absolute Gasteiger partial charge is 0.231 e. The van der Waals surface area contributed by atoms with Gasteiger partial charge in [-0.05, 0) is 33.1 Å². The molecule has 0 saturated heterocycles. The molecule has 0 fully saturated rings. The summed E-state index contributed by atoms with van der Waals surface area (Å²) in [6.07, 6.45) is 3.89. The monoisotopic (exact) mass is 370 g/mol. The van der Waals surface area contributed by atoms with Gasteiger partial charge < -0.3 is 11.1 Å². The lowest BCUT2D eigenvalue weighted by Gasteiger charge is -2.36. The van der Waals surface area contributed by atoms with Gasteiger partial charge in [-0.1, -0.05) is 12.1 Å². The molecule has 1 aromatic heterocycles. The fraction of sp³-hybridized carbons (Fsp3) is 0.765. The molecule has 8 nitrogen and oxygen atoms in total. The summed E-state index contributed by atoms with van der Waals surface area (Å²) in [7, 11) is 0. The highest BCUT2D eigenvalue weighted by molar-refractivity contribution is 5.76. The number of hydrogen-bond donors (Lipinski definition) is 2. The predicted molar refractivity (Wildman–Crippen MR) is 96.8 cm³/mol. The zero-order chi connectivity index (χ0) is 19.6. The molecule has 0 aromatic carbocycles. The van der Waals surface area contributed by atoms with E-state index in [1.165, 1.54) is 0 Å². The molecule has 148 valence electrons. The first-order chi connectivity index (χ1) is 12.3. The van der Waals surface area contributed by atoms with Crippen molar-refractivity contribution in [3.63, 3.8) is 0 Å². The van der Waals surface area contributed by atoms with Gasteiger partial charge in [0.15, 0.2) is 0 Å². The van der Waals surface area contributed by atoms with Gasteiger partial charge in [-0.15, -0.1) is 5.10 Å². The van der Waals surface area contributed by atoms with Crippen LogP contribution in [0.2, 0.25) is 0 Å². The number of alkyl halides is 1. The first-order valence-corrected chi connectivity index (χ1v) is 9.03. The summed E-state index contributed by atoms with van der Waals surface area (Å²) >= 11 is 0. The second kappa shape index (κ2) is 10.8. The van der Waals surface area contributed by atoms with Crippen LogP contribution in [-0.2, 0) is 22.7 Å². The van der Waals surface area contributed by atoms with Gasteiger partial charge in [-0.3, -0.25) is 23.6 Å². The predicted octanol–water partition coefficient (Wildman–Crippen LogP) is 1.01. The molecule has 0 bridgehead atoms. The van der Waals surface area contributed by atoms with E-state index in [1.54, 1.807) is 4.68 Å². The minimum atomic E-state index is -0.475. The average Bonchev–Trinajstić information content (AvgIpc) is 3.03. The molecule has 0 aliphatic heterocycles. The van der Waals surface area contributed by atoms with Crippen LogP contribution in [0, 0.1) is 0 Å². The summed E-state index contributed by atoms with van der Waals surface area (Å²) in [5.41, 5.74) is 5.95. The Morgan fingerprint density at radius 3 is 2.73 bits per heavy atom. The summed E-state index contributed by atoms with van der Waals surface area (Å²) < 4.78 is 13.7. The van der Waals surface area contributed by atoms with Gasteiger partial charge in [-0.25, -0.2) is 0 Å². The van der Waals surface area contributed by atoms with E-state index < -0.39 is 6.67 Å². The minimum Gasteiger partial charge on any atom is -0.369 e. The Balaban J connectivity index is 2.48. The summed E-state index contributed by atoms with van der Waals surface area (Å²) in [6.45, 7) is 7.49. The van der Waals surface area contributed by atoms with Crippen molar-refractivity contribution in [3.05, 3.63) is 11.9 Å². The Morgan fingerprint density at radius 1 is 1.38 bits per heavy atom. The van der Waals surface area contributed by atoms with Crippen molar-refractivity contribution in [3.8, 4) is 0 Å². The molecule has 2 amide bonds. The number of amides is 2. The van der Waals surface area contributed by atoms with E-state index in [0.29, 0.717) is 26.1 Å². The van der Waals surface area contributed by atoms with Gasteiger partial charge in [0, 0.05) is 37.8 Å². The zero-order valence-corrected chi connectivity index (χ0v) is 16.0. The lowest BCUT2D eigenvalue weighted by Crippen LogP contribution is -2.47. The third-order valence-electron chi connectivity index (χ3n) is 4.43. The van der Waals surface area contributed by atoms with Gasteiger partial charge in [0.2, 0.25) is 11.8 Å². The molecule has 9 heteroatoms. The summed E-state index contributed by atoms with van der Waals surface area (Å²) in [5.74, 6) is -0.506. The lowest BCUT2D eigenvalue weighted by atomic mass is 9.99. The van der Waals surface area contributed by atoms with E-state index in [2.05, 4.69) is 36.4 Å². The molecule has 0 atom stereocenters. The van der Waals surface area contributed by atoms with Crippen molar-refractivity contribution in [2.24, 2.45) is 5.73 Å². The van der Waals surface area contributed by atoms with E-state index >= 15 is 0 Å². The molecule has 26 heavy (non-hydrogen) atoms. The third-order valence-corrected chi connectivity index (χ3v) is 4.43. The highest BCUT2D eigenvalue weighted by Gasteiger charge is 2.26. The van der Waals surface area contributed by atoms with Crippen LogP contribution in [0.15, 0.2) is 6.20 Å². The average molecular weight is 370 g/mol. The summed E-state index contributed by atoms with van der Waals surface area (Å²) in [4.78, 5) is 24.7. The number of halogens is 1. The summed E-state index contributed by atoms with van der Waals surface area (Å²) in [5, 5.41) is 11.0. The fourth-order valence-corrected chi connectivity index (χ4v) is 2.40. The number of nitrogens with one attached hydrogen (secondary N) is 1. The molecule has 3 N–H and O–H groups in total. The SMILES string of the molecule is CCC(C)(C)N(CC(N)=O)Cc1cn(CCCNC(=O)CCCF)nn1. The van der Waals surface area contributed by atoms with Gasteiger partial charge in [-0.2, -0.15) is 0 Å². The molecule has 0 aliphatic carbocycles. The number of aromatic nitrogens is 3. The molecule has 1 aromatic rings. The molecule has 1 heterocycles. The molecule has 1 rings (SSSR count). The number of primary amides is 1. The topological polar surface area (TPSA) is 106 Å². The van der Waals surface area contributed by atoms with Gasteiger partial charge in [0.1, 0.15) is 0 Å². The first-order valence-electron chi connectivity index (χ1n) is 9.03. The largest absolute Gasteiger partial charge is 0.369 e. The minimum absolute atomic E-state index is 0.134. The highest BCUT2D eigenvalue weighted by atomic mass is 19.1. The van der Waals surface area contributed by atoms with Crippen LogP contribution >= 0.6 is 0 Å². The van der Waals surface area contributed by atoms with Crippen LogP contribution in [0.4, 0.5) is 4.39 Å². The number of carbonyl (C=O) groups is 2. The number of rotatable bonds is 13. The second-order valence-corrected chi connectivity index (χ2v) is 6.96. The molecule has 0 unspecified atom stereocenters. The van der Waals surface area contributed by atoms with Crippen LogP contribution in [0.3, 0.4) is 0 Å². The number of nitrogens with zero attached hydrogens (tertiary/aromatic N) is 4. The Kier molecular flexibility index (Phi) is 9.18. The van der Waals surface area contributed by atoms with E-state index in [1.807, 2.05) is 11.1 Å². The van der Waals surface area contributed by atoms with E-state index in [4.69, 9.17) is 5.73 Å². The van der Waals surface area contributed by atoms with Crippen molar-refractivity contribution >= 4 is 11.8 Å². The van der Waals surface area contributed by atoms with Crippen LogP contribution in [0.5, 0.6) is 0 Å². The normalized spacial score (nSPS) is 11.7. The molecular formula is C17H31FN6O2. The zero-order valence-electron chi connectivity index (χ0n) is 16.0. The molecule has 0 radical (unpaired) electrons. The molecule has 0 aliphatic rings. The van der Waals surface area contributed by atoms with E-state index in [9.17, 15) is 14.0 Å². The maximum absolute atomic E-state index is 12.0. The number of carbonyl (C=O) groups excluding carboxylic acids is 2. The first kappa shape index (κ1) is 22.0. The molecular weight excluding hydrogens is 339 g/mol. The van der Waals surface area contributed by atoms with Crippen LogP contribution < -0.4 is 11.1 Å². The number of aryl methyl sites for hydroxylation is 1. The maximum atomic E-state index is 12.0. The molecule has 0 saturated carbocycles. The maximum Gasteiger partial charge on any atom is 0.231 e. The summed E-state index contributed by atoms with van der Waals surface area (Å²) in [6, 6.07) is 0. The second-order valence-electron chi connectivity index (χ2n) is 6.96. The third kappa shape index (κ3) is 7.90.